The maximum Gasteiger partial charge on any atom is 0.320 e. The van der Waals surface area contributed by atoms with Crippen molar-refractivity contribution in [3.63, 3.8) is 0 Å². The van der Waals surface area contributed by atoms with Crippen molar-refractivity contribution in [2.45, 2.75) is 31.7 Å². The van der Waals surface area contributed by atoms with Crippen LogP contribution in [0, 0.1) is 5.92 Å². The lowest BCUT2D eigenvalue weighted by atomic mass is 9.88. The van der Waals surface area contributed by atoms with Crippen molar-refractivity contribution in [1.82, 2.24) is 5.32 Å². The molecule has 2 atom stereocenters. The Hall–Kier alpha value is -1.07. The quantitative estimate of drug-likeness (QED) is 0.504. The van der Waals surface area contributed by atoms with Crippen LogP contribution in [0.1, 0.15) is 25.7 Å². The van der Waals surface area contributed by atoms with E-state index in [4.69, 9.17) is 15.3 Å². The van der Waals surface area contributed by atoms with Crippen molar-refractivity contribution >= 4 is 5.97 Å². The van der Waals surface area contributed by atoms with Crippen molar-refractivity contribution in [2.24, 2.45) is 5.92 Å². The standard InChI is InChI=1S/C10H17NO4/c12-6-11-9(10(14)15)5-7-1-3-8(13)4-2-7/h3,7,9,11-13H,1-2,4-6H2,(H,14,15). The number of carboxylic acid groups (broad SMARTS) is 1. The van der Waals surface area contributed by atoms with Gasteiger partial charge in [0.2, 0.25) is 0 Å². The monoisotopic (exact) mass is 215 g/mol. The summed E-state index contributed by atoms with van der Waals surface area (Å²) in [4.78, 5) is 10.8. The molecule has 15 heavy (non-hydrogen) atoms. The molecule has 1 aliphatic rings. The summed E-state index contributed by atoms with van der Waals surface area (Å²) in [7, 11) is 0. The van der Waals surface area contributed by atoms with Gasteiger partial charge in [-0.3, -0.25) is 10.1 Å². The van der Waals surface area contributed by atoms with Gasteiger partial charge in [0.25, 0.3) is 0 Å². The van der Waals surface area contributed by atoms with E-state index in [1.165, 1.54) is 0 Å². The van der Waals surface area contributed by atoms with E-state index in [-0.39, 0.29) is 12.6 Å². The van der Waals surface area contributed by atoms with E-state index in [1.807, 2.05) is 0 Å². The Labute approximate surface area is 88.4 Å². The van der Waals surface area contributed by atoms with Gasteiger partial charge in [-0.2, -0.15) is 0 Å². The van der Waals surface area contributed by atoms with Crippen molar-refractivity contribution < 1.29 is 20.1 Å². The maximum absolute atomic E-state index is 10.8. The van der Waals surface area contributed by atoms with Gasteiger partial charge in [0.05, 0.1) is 12.5 Å². The molecule has 0 aliphatic heterocycles. The summed E-state index contributed by atoms with van der Waals surface area (Å²) in [5, 5.41) is 29.2. The number of aliphatic carboxylic acids is 1. The lowest BCUT2D eigenvalue weighted by Gasteiger charge is -2.22. The van der Waals surface area contributed by atoms with Crippen LogP contribution in [0.2, 0.25) is 0 Å². The molecule has 1 aliphatic carbocycles. The zero-order valence-electron chi connectivity index (χ0n) is 8.52. The molecule has 0 heterocycles. The number of aliphatic hydroxyl groups is 2. The van der Waals surface area contributed by atoms with E-state index in [1.54, 1.807) is 6.08 Å². The van der Waals surface area contributed by atoms with E-state index in [0.717, 1.165) is 6.42 Å². The highest BCUT2D eigenvalue weighted by Crippen LogP contribution is 2.25. The van der Waals surface area contributed by atoms with Gasteiger partial charge in [0.15, 0.2) is 0 Å². The van der Waals surface area contributed by atoms with Gasteiger partial charge in [0.1, 0.15) is 6.04 Å². The maximum atomic E-state index is 10.8. The molecule has 0 radical (unpaired) electrons. The minimum atomic E-state index is -0.942. The predicted octanol–water partition coefficient (Wildman–Crippen LogP) is 0.611. The highest BCUT2D eigenvalue weighted by atomic mass is 16.4. The average molecular weight is 215 g/mol. The smallest absolute Gasteiger partial charge is 0.320 e. The van der Waals surface area contributed by atoms with Crippen molar-refractivity contribution in [3.05, 3.63) is 11.8 Å². The van der Waals surface area contributed by atoms with Crippen LogP contribution in [-0.2, 0) is 4.79 Å². The molecule has 0 saturated carbocycles. The first-order valence-corrected chi connectivity index (χ1v) is 5.08. The molecule has 1 rings (SSSR count). The fraction of sp³-hybridized carbons (Fsp3) is 0.700. The van der Waals surface area contributed by atoms with Gasteiger partial charge in [0, 0.05) is 6.42 Å². The molecule has 0 saturated heterocycles. The van der Waals surface area contributed by atoms with Crippen molar-refractivity contribution in [3.8, 4) is 0 Å². The number of nitrogens with one attached hydrogen (secondary N) is 1. The molecule has 0 bridgehead atoms. The summed E-state index contributed by atoms with van der Waals surface area (Å²) in [6, 6.07) is -0.700. The lowest BCUT2D eigenvalue weighted by molar-refractivity contribution is -0.140. The Morgan fingerprint density at radius 3 is 2.87 bits per heavy atom. The molecular formula is C10H17NO4. The zero-order chi connectivity index (χ0) is 11.3. The first-order chi connectivity index (χ1) is 7.13. The molecule has 2 unspecified atom stereocenters. The molecule has 0 fully saturated rings. The van der Waals surface area contributed by atoms with Crippen LogP contribution in [-0.4, -0.2) is 34.1 Å². The molecule has 86 valence electrons. The van der Waals surface area contributed by atoms with Gasteiger partial charge in [-0.15, -0.1) is 0 Å². The Morgan fingerprint density at radius 2 is 2.40 bits per heavy atom. The fourth-order valence-electron chi connectivity index (χ4n) is 1.80. The number of aliphatic hydroxyl groups excluding tert-OH is 2. The summed E-state index contributed by atoms with van der Waals surface area (Å²) < 4.78 is 0. The van der Waals surface area contributed by atoms with Crippen LogP contribution < -0.4 is 5.32 Å². The highest BCUT2D eigenvalue weighted by molar-refractivity contribution is 5.73. The molecule has 4 N–H and O–H groups in total. The number of allylic oxidation sites excluding steroid dienone is 2. The zero-order valence-corrected chi connectivity index (χ0v) is 8.52. The number of hydrogen-bond acceptors (Lipinski definition) is 4. The summed E-state index contributed by atoms with van der Waals surface area (Å²) >= 11 is 0. The van der Waals surface area contributed by atoms with Crippen LogP contribution in [0.3, 0.4) is 0 Å². The summed E-state index contributed by atoms with van der Waals surface area (Å²) in [6.07, 6.45) is 4.36. The van der Waals surface area contributed by atoms with Crippen LogP contribution in [0.15, 0.2) is 11.8 Å². The van der Waals surface area contributed by atoms with E-state index < -0.39 is 12.0 Å². The third-order valence-electron chi connectivity index (χ3n) is 2.70. The molecule has 0 aromatic carbocycles. The summed E-state index contributed by atoms with van der Waals surface area (Å²) in [5.74, 6) is -0.280. The molecule has 0 amide bonds. The number of carboxylic acids is 1. The van der Waals surface area contributed by atoms with Gasteiger partial charge < -0.3 is 15.3 Å². The van der Waals surface area contributed by atoms with Crippen LogP contribution in [0.25, 0.3) is 0 Å². The molecule has 5 nitrogen and oxygen atoms in total. The lowest BCUT2D eigenvalue weighted by Crippen LogP contribution is -2.39. The Kier molecular flexibility index (Phi) is 4.58. The van der Waals surface area contributed by atoms with Gasteiger partial charge >= 0.3 is 5.97 Å². The SMILES string of the molecule is O=C(O)C(CC1CC=C(O)CC1)NCO. The first kappa shape index (κ1) is 12.0. The fourth-order valence-corrected chi connectivity index (χ4v) is 1.80. The van der Waals surface area contributed by atoms with Crippen LogP contribution in [0.5, 0.6) is 0 Å². The Bertz CT molecular complexity index is 252. The Balaban J connectivity index is 2.41. The summed E-state index contributed by atoms with van der Waals surface area (Å²) in [6.45, 7) is -0.329. The predicted molar refractivity (Wildman–Crippen MR) is 54.3 cm³/mol. The molecule has 0 spiro atoms. The molecule has 5 heteroatoms. The second-order valence-electron chi connectivity index (χ2n) is 3.82. The van der Waals surface area contributed by atoms with Gasteiger partial charge in [-0.05, 0) is 31.3 Å². The summed E-state index contributed by atoms with van der Waals surface area (Å²) in [5.41, 5.74) is 0. The average Bonchev–Trinajstić information content (AvgIpc) is 2.20. The number of hydrogen-bond donors (Lipinski definition) is 4. The van der Waals surface area contributed by atoms with Crippen molar-refractivity contribution in [2.75, 3.05) is 6.73 Å². The molecular weight excluding hydrogens is 198 g/mol. The van der Waals surface area contributed by atoms with E-state index in [0.29, 0.717) is 25.0 Å². The van der Waals surface area contributed by atoms with E-state index >= 15 is 0 Å². The second-order valence-corrected chi connectivity index (χ2v) is 3.82. The van der Waals surface area contributed by atoms with E-state index in [2.05, 4.69) is 5.32 Å². The van der Waals surface area contributed by atoms with Gasteiger partial charge in [-0.1, -0.05) is 0 Å². The van der Waals surface area contributed by atoms with Crippen molar-refractivity contribution in [1.29, 1.82) is 0 Å². The van der Waals surface area contributed by atoms with Crippen LogP contribution >= 0.6 is 0 Å². The highest BCUT2D eigenvalue weighted by Gasteiger charge is 2.23. The van der Waals surface area contributed by atoms with Crippen LogP contribution in [0.4, 0.5) is 0 Å². The number of carbonyl (C=O) groups is 1. The third-order valence-corrected chi connectivity index (χ3v) is 2.70. The minimum absolute atomic E-state index is 0.265. The largest absolute Gasteiger partial charge is 0.513 e. The van der Waals surface area contributed by atoms with Gasteiger partial charge in [-0.25, -0.2) is 0 Å². The first-order valence-electron chi connectivity index (χ1n) is 5.08. The minimum Gasteiger partial charge on any atom is -0.513 e. The molecule has 0 aromatic rings. The third kappa shape index (κ3) is 3.89. The molecule has 0 aromatic heterocycles. The second kappa shape index (κ2) is 5.72. The topological polar surface area (TPSA) is 89.8 Å². The normalized spacial score (nSPS) is 23.3. The van der Waals surface area contributed by atoms with E-state index in [9.17, 15) is 4.79 Å². The number of rotatable bonds is 5. The Morgan fingerprint density at radius 1 is 1.67 bits per heavy atom.